The minimum Gasteiger partial charge on any atom is -0.431 e. The molecule has 0 N–H and O–H groups in total. The maximum atomic E-state index is 12.8. The van der Waals surface area contributed by atoms with E-state index in [1.54, 1.807) is 17.2 Å². The van der Waals surface area contributed by atoms with E-state index in [-0.39, 0.29) is 23.8 Å². The highest BCUT2D eigenvalue weighted by atomic mass is 32.2. The van der Waals surface area contributed by atoms with Gasteiger partial charge in [-0.3, -0.25) is 14.0 Å². The molecule has 0 saturated heterocycles. The molecular formula is C20H16N4O3S. The van der Waals surface area contributed by atoms with Crippen LogP contribution in [-0.4, -0.2) is 37.5 Å². The predicted molar refractivity (Wildman–Crippen MR) is 105 cm³/mol. The first-order chi connectivity index (χ1) is 13.7. The third-order valence-electron chi connectivity index (χ3n) is 4.83. The molecule has 3 aromatic heterocycles. The van der Waals surface area contributed by atoms with Gasteiger partial charge in [0, 0.05) is 19.2 Å². The van der Waals surface area contributed by atoms with Crippen molar-refractivity contribution in [2.24, 2.45) is 0 Å². The Labute approximate surface area is 164 Å². The van der Waals surface area contributed by atoms with E-state index < -0.39 is 0 Å². The van der Waals surface area contributed by atoms with Crippen molar-refractivity contribution < 1.29 is 9.21 Å². The standard InChI is InChI=1S/C20H16N4O3S/c25-18(12-28-20-22-15-5-1-2-6-16(15)27-20)23-10-8-14-13(11-23)19(26)24-9-4-3-7-17(24)21-14/h1-7,9H,8,10-12H2. The van der Waals surface area contributed by atoms with Gasteiger partial charge >= 0.3 is 0 Å². The van der Waals surface area contributed by atoms with E-state index in [9.17, 15) is 9.59 Å². The van der Waals surface area contributed by atoms with Crippen molar-refractivity contribution in [3.05, 3.63) is 70.3 Å². The smallest absolute Gasteiger partial charge is 0.263 e. The second kappa shape index (κ2) is 6.79. The third-order valence-corrected chi connectivity index (χ3v) is 5.64. The Morgan fingerprint density at radius 2 is 2.00 bits per heavy atom. The number of thioether (sulfide) groups is 1. The second-order valence-corrected chi connectivity index (χ2v) is 7.50. The number of nitrogens with zero attached hydrogens (tertiary/aromatic N) is 4. The fourth-order valence-electron chi connectivity index (χ4n) is 3.39. The number of para-hydroxylation sites is 2. The van der Waals surface area contributed by atoms with Gasteiger partial charge < -0.3 is 9.32 Å². The normalized spacial score (nSPS) is 13.8. The Balaban J connectivity index is 1.33. The molecule has 0 atom stereocenters. The largest absolute Gasteiger partial charge is 0.431 e. The zero-order valence-corrected chi connectivity index (χ0v) is 15.7. The second-order valence-electron chi connectivity index (χ2n) is 6.57. The van der Waals surface area contributed by atoms with Crippen LogP contribution in [0.25, 0.3) is 16.7 Å². The van der Waals surface area contributed by atoms with Crippen LogP contribution < -0.4 is 5.56 Å². The number of carbonyl (C=O) groups excluding carboxylic acids is 1. The first-order valence-corrected chi connectivity index (χ1v) is 9.93. The average Bonchev–Trinajstić information content (AvgIpc) is 3.15. The maximum absolute atomic E-state index is 12.8. The number of hydrogen-bond acceptors (Lipinski definition) is 6. The molecule has 0 radical (unpaired) electrons. The fraction of sp³-hybridized carbons (Fsp3) is 0.200. The van der Waals surface area contributed by atoms with Gasteiger partial charge in [-0.15, -0.1) is 0 Å². The van der Waals surface area contributed by atoms with E-state index in [2.05, 4.69) is 9.97 Å². The SMILES string of the molecule is O=C(CSc1nc2ccccc2o1)N1CCc2nc3ccccn3c(=O)c2C1. The first kappa shape index (κ1) is 17.0. The minimum atomic E-state index is -0.107. The van der Waals surface area contributed by atoms with E-state index in [4.69, 9.17) is 4.42 Å². The average molecular weight is 392 g/mol. The van der Waals surface area contributed by atoms with Gasteiger partial charge in [-0.1, -0.05) is 30.0 Å². The van der Waals surface area contributed by atoms with Crippen LogP contribution in [0.3, 0.4) is 0 Å². The number of oxazole rings is 1. The van der Waals surface area contributed by atoms with Crippen molar-refractivity contribution in [3.8, 4) is 0 Å². The van der Waals surface area contributed by atoms with Crippen molar-refractivity contribution in [1.82, 2.24) is 19.3 Å². The Hall–Kier alpha value is -3.13. The summed E-state index contributed by atoms with van der Waals surface area (Å²) < 4.78 is 7.17. The molecule has 0 saturated carbocycles. The maximum Gasteiger partial charge on any atom is 0.263 e. The van der Waals surface area contributed by atoms with E-state index in [0.29, 0.717) is 35.0 Å². The molecule has 1 aliphatic heterocycles. The molecule has 28 heavy (non-hydrogen) atoms. The molecule has 5 rings (SSSR count). The number of benzene rings is 1. The van der Waals surface area contributed by atoms with Crippen molar-refractivity contribution in [2.75, 3.05) is 12.3 Å². The number of hydrogen-bond donors (Lipinski definition) is 0. The number of fused-ring (bicyclic) bond motifs is 3. The van der Waals surface area contributed by atoms with Gasteiger partial charge in [0.2, 0.25) is 5.91 Å². The molecule has 0 unspecified atom stereocenters. The van der Waals surface area contributed by atoms with Crippen LogP contribution in [-0.2, 0) is 17.8 Å². The monoisotopic (exact) mass is 392 g/mol. The summed E-state index contributed by atoms with van der Waals surface area (Å²) in [5.74, 6) is 0.167. The highest BCUT2D eigenvalue weighted by Gasteiger charge is 2.25. The molecule has 1 aromatic carbocycles. The van der Waals surface area contributed by atoms with E-state index in [0.717, 1.165) is 11.2 Å². The summed E-state index contributed by atoms with van der Waals surface area (Å²) in [5.41, 5.74) is 3.38. The van der Waals surface area contributed by atoms with Crippen molar-refractivity contribution in [1.29, 1.82) is 0 Å². The molecule has 0 aliphatic carbocycles. The van der Waals surface area contributed by atoms with Crippen molar-refractivity contribution >= 4 is 34.4 Å². The van der Waals surface area contributed by atoms with Gasteiger partial charge in [0.1, 0.15) is 11.2 Å². The van der Waals surface area contributed by atoms with E-state index in [1.165, 1.54) is 16.2 Å². The molecule has 140 valence electrons. The lowest BCUT2D eigenvalue weighted by atomic mass is 10.1. The quantitative estimate of drug-likeness (QED) is 0.499. The minimum absolute atomic E-state index is 0.0459. The summed E-state index contributed by atoms with van der Waals surface area (Å²) in [6.07, 6.45) is 2.28. The number of rotatable bonds is 3. The third kappa shape index (κ3) is 2.95. The highest BCUT2D eigenvalue weighted by Crippen LogP contribution is 2.24. The fourth-order valence-corrected chi connectivity index (χ4v) is 4.13. The van der Waals surface area contributed by atoms with Gasteiger partial charge in [0.25, 0.3) is 10.8 Å². The Bertz CT molecular complexity index is 1230. The van der Waals surface area contributed by atoms with E-state index >= 15 is 0 Å². The summed E-state index contributed by atoms with van der Waals surface area (Å²) in [6.45, 7) is 0.835. The summed E-state index contributed by atoms with van der Waals surface area (Å²) in [5, 5.41) is 0.472. The van der Waals surface area contributed by atoms with Crippen LogP contribution in [0.15, 0.2) is 63.1 Å². The molecule has 1 aliphatic rings. The lowest BCUT2D eigenvalue weighted by Crippen LogP contribution is -2.41. The summed E-state index contributed by atoms with van der Waals surface area (Å²) in [7, 11) is 0. The molecule has 1 amide bonds. The van der Waals surface area contributed by atoms with Crippen molar-refractivity contribution in [2.45, 2.75) is 18.2 Å². The van der Waals surface area contributed by atoms with Gasteiger partial charge in [-0.25, -0.2) is 9.97 Å². The van der Waals surface area contributed by atoms with E-state index in [1.807, 2.05) is 36.4 Å². The van der Waals surface area contributed by atoms with Gasteiger partial charge in [0.05, 0.1) is 23.6 Å². The number of amides is 1. The molecule has 4 aromatic rings. The van der Waals surface area contributed by atoms with Crippen molar-refractivity contribution in [3.63, 3.8) is 0 Å². The van der Waals surface area contributed by atoms with Crippen LogP contribution in [0, 0.1) is 0 Å². The first-order valence-electron chi connectivity index (χ1n) is 8.94. The predicted octanol–water partition coefficient (Wildman–Crippen LogP) is 2.51. The summed E-state index contributed by atoms with van der Waals surface area (Å²) in [4.78, 5) is 36.1. The molecule has 0 fully saturated rings. The highest BCUT2D eigenvalue weighted by molar-refractivity contribution is 7.99. The molecule has 8 heteroatoms. The van der Waals surface area contributed by atoms with Gasteiger partial charge in [-0.05, 0) is 24.3 Å². The lowest BCUT2D eigenvalue weighted by molar-refractivity contribution is -0.129. The molecule has 0 bridgehead atoms. The Morgan fingerprint density at radius 1 is 1.14 bits per heavy atom. The van der Waals surface area contributed by atoms with Crippen LogP contribution >= 0.6 is 11.8 Å². The molecule has 0 spiro atoms. The van der Waals surface area contributed by atoms with Crippen LogP contribution in [0.1, 0.15) is 11.3 Å². The molecule has 4 heterocycles. The van der Waals surface area contributed by atoms with Crippen LogP contribution in [0.5, 0.6) is 0 Å². The van der Waals surface area contributed by atoms with Crippen LogP contribution in [0.4, 0.5) is 0 Å². The molecule has 7 nitrogen and oxygen atoms in total. The van der Waals surface area contributed by atoms with Gasteiger partial charge in [0.15, 0.2) is 5.58 Å². The molecular weight excluding hydrogens is 376 g/mol. The summed E-state index contributed by atoms with van der Waals surface area (Å²) in [6, 6.07) is 13.0. The number of aromatic nitrogens is 3. The van der Waals surface area contributed by atoms with Gasteiger partial charge in [-0.2, -0.15) is 0 Å². The Morgan fingerprint density at radius 3 is 2.89 bits per heavy atom. The topological polar surface area (TPSA) is 80.7 Å². The zero-order chi connectivity index (χ0) is 19.1. The summed E-state index contributed by atoms with van der Waals surface area (Å²) >= 11 is 1.27. The van der Waals surface area contributed by atoms with Crippen LogP contribution in [0.2, 0.25) is 0 Å². The number of carbonyl (C=O) groups is 1. The Kier molecular flexibility index (Phi) is 4.12. The zero-order valence-electron chi connectivity index (χ0n) is 14.9. The number of pyridine rings is 1. The lowest BCUT2D eigenvalue weighted by Gasteiger charge is -2.27.